The second-order valence-electron chi connectivity index (χ2n) is 22.0. The van der Waals surface area contributed by atoms with Crippen molar-refractivity contribution < 1.29 is 147 Å². The van der Waals surface area contributed by atoms with E-state index in [9.17, 15) is 14.0 Å². The van der Waals surface area contributed by atoms with Crippen LogP contribution in [0.3, 0.4) is 0 Å². The Bertz CT molecular complexity index is 3700. The van der Waals surface area contributed by atoms with Gasteiger partial charge in [0.15, 0.2) is 0 Å². The summed E-state index contributed by atoms with van der Waals surface area (Å²) in [6, 6.07) is 6.66. The molecule has 0 bridgehead atoms. The van der Waals surface area contributed by atoms with Crippen molar-refractivity contribution >= 4 is 98.5 Å². The first kappa shape index (κ1) is 68.5. The van der Waals surface area contributed by atoms with Crippen molar-refractivity contribution in [3.8, 4) is 33.8 Å². The normalized spacial score (nSPS) is 16.4. The molecule has 8 aromatic rings. The van der Waals surface area contributed by atoms with Crippen LogP contribution in [-0.4, -0.2) is 123 Å². The van der Waals surface area contributed by atoms with Crippen LogP contribution in [0.15, 0.2) is 49.1 Å². The van der Waals surface area contributed by atoms with E-state index in [1.807, 2.05) is 72.2 Å². The Kier molecular flexibility index (Phi) is 23.0. The Morgan fingerprint density at radius 3 is 1.60 bits per heavy atom. The van der Waals surface area contributed by atoms with Crippen LogP contribution in [-0.2, 0) is 82.9 Å². The van der Waals surface area contributed by atoms with Crippen LogP contribution in [0.1, 0.15) is 110 Å². The van der Waals surface area contributed by atoms with E-state index >= 15 is 4.39 Å². The smallest absolute Gasteiger partial charge is 1.00 e. The number of imidazole rings is 2. The number of halogens is 5. The van der Waals surface area contributed by atoms with Crippen LogP contribution < -0.4 is 113 Å². The molecule has 0 N–H and O–H groups in total. The second kappa shape index (κ2) is 28.2. The van der Waals surface area contributed by atoms with Gasteiger partial charge in [0.1, 0.15) is 43.2 Å². The number of benzene rings is 2. The molecule has 2 saturated carbocycles. The van der Waals surface area contributed by atoms with Gasteiger partial charge in [-0.3, -0.25) is 33.1 Å². The Morgan fingerprint density at radius 1 is 0.738 bits per heavy atom. The number of hydrogen-bond acceptors (Lipinski definition) is 13. The fraction of sp³-hybridized carbons (Fsp3) is 0.473. The number of alkyl halides is 2. The number of fused-ring (bicyclic) bond motifs is 4. The van der Waals surface area contributed by atoms with Crippen molar-refractivity contribution in [3.05, 3.63) is 87.4 Å². The number of hydrogen-bond donors (Lipinski definition) is 0. The number of amides is 2. The van der Waals surface area contributed by atoms with Crippen LogP contribution in [0.4, 0.5) is 8.78 Å². The summed E-state index contributed by atoms with van der Waals surface area (Å²) < 4.78 is 54.8. The van der Waals surface area contributed by atoms with Gasteiger partial charge in [-0.1, -0.05) is 0 Å². The van der Waals surface area contributed by atoms with Crippen LogP contribution in [0.2, 0.25) is 0 Å². The van der Waals surface area contributed by atoms with Crippen molar-refractivity contribution in [2.24, 2.45) is 28.2 Å². The topological polar surface area (TPSA) is 215 Å². The molecule has 9 heterocycles. The fourth-order valence-corrected chi connectivity index (χ4v) is 10.9. The Labute approximate surface area is 596 Å². The van der Waals surface area contributed by atoms with Crippen LogP contribution in [0, 0.1) is 15.3 Å². The predicted molar refractivity (Wildman–Crippen MR) is 313 cm³/mol. The van der Waals surface area contributed by atoms with Crippen molar-refractivity contribution in [1.82, 2.24) is 68.0 Å². The van der Waals surface area contributed by atoms with E-state index in [1.54, 1.807) is 69.9 Å². The van der Waals surface area contributed by atoms with Gasteiger partial charge in [0, 0.05) is 131 Å². The zero-order valence-electron chi connectivity index (χ0n) is 50.6. The molecule has 6 aromatic heterocycles. The van der Waals surface area contributed by atoms with Crippen molar-refractivity contribution in [2.75, 3.05) is 13.1 Å². The van der Waals surface area contributed by atoms with E-state index in [4.69, 9.17) is 47.5 Å². The first-order valence-corrected chi connectivity index (χ1v) is 28.8. The van der Waals surface area contributed by atoms with E-state index < -0.39 is 18.3 Å². The first-order valence-electron chi connectivity index (χ1n) is 26.8. The number of rotatable bonds is 7. The summed E-state index contributed by atoms with van der Waals surface area (Å²) in [5.74, 6) is 2.89. The van der Waals surface area contributed by atoms with Crippen LogP contribution >= 0.6 is 45.8 Å². The molecule has 0 radical (unpaired) electrons. The first-order chi connectivity index (χ1) is 38.8. The molecule has 0 unspecified atom stereocenters. The largest absolute Gasteiger partial charge is 1.00 e. The van der Waals surface area contributed by atoms with Gasteiger partial charge in [-0.25, -0.2) is 18.7 Å². The van der Waals surface area contributed by atoms with Gasteiger partial charge in [-0.2, -0.15) is 20.4 Å². The molecule has 1 saturated heterocycles. The van der Waals surface area contributed by atoms with E-state index in [0.29, 0.717) is 59.2 Å². The molecule has 438 valence electrons. The number of aromatic nitrogens is 12. The molecule has 29 heteroatoms. The monoisotopic (exact) mass is 1360 g/mol. The van der Waals surface area contributed by atoms with Gasteiger partial charge in [-0.15, -0.1) is 23.2 Å². The van der Waals surface area contributed by atoms with Crippen molar-refractivity contribution in [3.63, 3.8) is 0 Å². The minimum absolute atomic E-state index is 0. The molecule has 0 spiro atoms. The number of carbonyl (C=O) groups excluding carboxylic acids is 3. The molecule has 2 aromatic carbocycles. The molecule has 3 fully saturated rings. The predicted octanol–water partition coefficient (Wildman–Crippen LogP) is 1.72. The third kappa shape index (κ3) is 15.0. The molecule has 3 aliphatic heterocycles. The Balaban J connectivity index is 0.000000196. The standard InChI is InChI=1S/C23H24FN7O.C18H22BFN4O2.C11H14IN3O.C2H4Cl2.CH2O3.2K.H/c1-13(32)30-6-7-31-20(12-30)22(26-23(31)14-4-5-14)16-8-17-19(9-18(16)24)29(3)27-21(17)15-10-25-28(2)11-15;1-17(2)18(3,4)26-19(25-17)13-7-12-15(8-14(13)20)24(6)22-16(12)11-9-21-23(5)10-11;1-7(16)14-4-5-15-9(6-14)10(12)13-11(15)8-2-3-8;1-2(3)4;2-1-4-3;;;/h8-11,14H,4-7,12H2,1-3H3;7-10H,1-6H3;8H,2-6H2,1H3;2H,1H3;1,3H;;;/q;;;;;2*+1;-1/p-1. The molecule has 5 aliphatic rings. The van der Waals surface area contributed by atoms with Crippen LogP contribution in [0.25, 0.3) is 55.6 Å². The summed E-state index contributed by atoms with van der Waals surface area (Å²) in [4.78, 5) is 47.8. The van der Waals surface area contributed by atoms with Crippen molar-refractivity contribution in [2.45, 2.75) is 128 Å². The number of aryl methyl sites for hydroxylation is 4. The maximum Gasteiger partial charge on any atom is 1.00 e. The second-order valence-corrected chi connectivity index (χ2v) is 24.5. The average molecular weight is 1360 g/mol. The van der Waals surface area contributed by atoms with Gasteiger partial charge in [0.05, 0.1) is 64.8 Å². The van der Waals surface area contributed by atoms with Gasteiger partial charge >= 0.3 is 110 Å². The molecular weight excluding hydrogens is 1290 g/mol. The molecule has 13 rings (SSSR count). The summed E-state index contributed by atoms with van der Waals surface area (Å²) in [5, 5.41) is 27.8. The SMILES string of the molecule is CC(=O)N1CCn2c(C3CC3)nc(-c3cc4c(-c5cnn(C)c5)nn(C)c4cc3F)c2C1.CC(=O)N1CCn2c(C3CC3)nc(I)c2C1.CC(Cl)Cl.Cn1cc(-c2nn(C)c3cc(F)c(B4OC(C)(C)C(C)(C)O4)cc23)cn1.O=CO[O-].[H-].[K+].[K+]. The third-order valence-corrected chi connectivity index (χ3v) is 16.3. The van der Waals surface area contributed by atoms with E-state index in [1.165, 1.54) is 36.5 Å². The van der Waals surface area contributed by atoms with E-state index in [-0.39, 0.29) is 139 Å². The van der Waals surface area contributed by atoms with E-state index in [0.717, 1.165) is 81.0 Å². The summed E-state index contributed by atoms with van der Waals surface area (Å²) in [7, 11) is 6.57. The maximum atomic E-state index is 15.5. The molecule has 21 nitrogen and oxygen atoms in total. The fourth-order valence-electron chi connectivity index (χ4n) is 10.2. The van der Waals surface area contributed by atoms with Crippen molar-refractivity contribution in [1.29, 1.82) is 0 Å². The van der Waals surface area contributed by atoms with Gasteiger partial charge < -0.3 is 39.8 Å². The molecule has 84 heavy (non-hydrogen) atoms. The average Bonchev–Trinajstić information content (AvgIpc) is 4.00. The molecule has 0 atom stereocenters. The number of carbonyl (C=O) groups is 3. The number of nitrogens with zero attached hydrogens (tertiary/aromatic N) is 14. The minimum Gasteiger partial charge on any atom is -1.00 e. The van der Waals surface area contributed by atoms with Gasteiger partial charge in [0.25, 0.3) is 6.47 Å². The van der Waals surface area contributed by atoms with Gasteiger partial charge in [-0.05, 0) is 101 Å². The summed E-state index contributed by atoms with van der Waals surface area (Å²) in [6.07, 6.45) is 12.1. The Morgan fingerprint density at radius 2 is 1.17 bits per heavy atom. The molecule has 2 amide bonds. The summed E-state index contributed by atoms with van der Waals surface area (Å²) >= 11 is 12.4. The maximum absolute atomic E-state index is 15.5. The summed E-state index contributed by atoms with van der Waals surface area (Å²) in [5.41, 5.74) is 7.26. The molecule has 2 aliphatic carbocycles. The summed E-state index contributed by atoms with van der Waals surface area (Å²) in [6.45, 7) is 16.8. The van der Waals surface area contributed by atoms with Crippen LogP contribution in [0.5, 0.6) is 0 Å². The Hall–Kier alpha value is -2.98. The van der Waals surface area contributed by atoms with E-state index in [2.05, 4.69) is 62.0 Å². The third-order valence-electron chi connectivity index (χ3n) is 15.5. The minimum atomic E-state index is -0.758. The van der Waals surface area contributed by atoms with Gasteiger partial charge in [0.2, 0.25) is 11.8 Å². The quantitative estimate of drug-likeness (QED) is 0.0556. The zero-order chi connectivity index (χ0) is 59.3. The zero-order valence-corrected chi connectivity index (χ0v) is 59.5. The molecular formula is C55H66BCl2F2IK2N14O7.